The Morgan fingerprint density at radius 2 is 1.18 bits per heavy atom. The van der Waals surface area contributed by atoms with Gasteiger partial charge < -0.3 is 33.9 Å². The third kappa shape index (κ3) is 9.19. The van der Waals surface area contributed by atoms with Crippen molar-refractivity contribution in [2.24, 2.45) is 0 Å². The molecule has 4 unspecified atom stereocenters. The summed E-state index contributed by atoms with van der Waals surface area (Å²) in [7, 11) is 11.6. The number of benzene rings is 3. The zero-order chi connectivity index (χ0) is 42.5. The first kappa shape index (κ1) is 46.1. The lowest BCUT2D eigenvalue weighted by Crippen LogP contribution is -2.40. The van der Waals surface area contributed by atoms with E-state index < -0.39 is 17.7 Å². The molecule has 0 saturated heterocycles. The van der Waals surface area contributed by atoms with Crippen LogP contribution < -0.4 is 5.32 Å². The van der Waals surface area contributed by atoms with Crippen molar-refractivity contribution >= 4 is 55.9 Å². The van der Waals surface area contributed by atoms with Gasteiger partial charge in [-0.1, -0.05) is 57.8 Å². The zero-order valence-corrected chi connectivity index (χ0v) is 36.5. The molecule has 13 heteroatoms. The molecule has 4 atom stereocenters. The highest BCUT2D eigenvalue weighted by Gasteiger charge is 2.32. The molecule has 3 aliphatic heterocycles. The molecule has 7 nitrogen and oxygen atoms in total. The van der Waals surface area contributed by atoms with Gasteiger partial charge in [0.25, 0.3) is 0 Å². The number of aliphatic hydroxyl groups is 1. The van der Waals surface area contributed by atoms with Crippen LogP contribution in [0.5, 0.6) is 0 Å². The molecule has 9 rings (SSSR count). The Labute approximate surface area is 344 Å². The number of likely N-dealkylation sites (N-methyl/N-ethyl adjacent to an activating group) is 2. The van der Waals surface area contributed by atoms with Gasteiger partial charge >= 0.3 is 0 Å². The quantitative estimate of drug-likeness (QED) is 0.171. The molecule has 2 N–H and O–H groups in total. The molecule has 0 bridgehead atoms. The average molecular weight is 834 g/mol. The number of aryl methyl sites for hydroxylation is 1. The molecule has 0 aliphatic carbocycles. The molecule has 57 heavy (non-hydrogen) atoms. The predicted molar refractivity (Wildman–Crippen MR) is 230 cm³/mol. The monoisotopic (exact) mass is 832 g/mol. The summed E-state index contributed by atoms with van der Waals surface area (Å²) in [5.41, 5.74) is 5.40. The lowest BCUT2D eigenvalue weighted by Gasteiger charge is -2.34. The highest BCUT2D eigenvalue weighted by atomic mass is 35.5. The van der Waals surface area contributed by atoms with Gasteiger partial charge in [-0.15, -0.1) is 0 Å². The summed E-state index contributed by atoms with van der Waals surface area (Å²) < 4.78 is 60.6. The molecule has 3 aromatic carbocycles. The maximum atomic E-state index is 13.7. The van der Waals surface area contributed by atoms with Crippen LogP contribution in [0.25, 0.3) is 32.7 Å². The van der Waals surface area contributed by atoms with Crippen LogP contribution in [0.2, 0.25) is 10.0 Å². The largest absolute Gasteiger partial charge is 0.387 e. The van der Waals surface area contributed by atoms with E-state index in [0.717, 1.165) is 64.9 Å². The average Bonchev–Trinajstić information content (AvgIpc) is 3.95. The van der Waals surface area contributed by atoms with E-state index in [0.29, 0.717) is 29.6 Å². The Kier molecular flexibility index (Phi) is 16.1. The lowest BCUT2D eigenvalue weighted by molar-refractivity contribution is 0.0610. The molecule has 0 radical (unpaired) electrons. The van der Waals surface area contributed by atoms with Gasteiger partial charge in [0.15, 0.2) is 11.6 Å². The number of hydrogen-bond acceptors (Lipinski definition) is 4. The molecule has 0 saturated carbocycles. The van der Waals surface area contributed by atoms with Gasteiger partial charge in [-0.2, -0.15) is 0 Å². The zero-order valence-electron chi connectivity index (χ0n) is 35.0. The number of nitrogens with zero attached hydrogens (tertiary/aromatic N) is 5. The van der Waals surface area contributed by atoms with Gasteiger partial charge in [-0.25, -0.2) is 17.6 Å². The van der Waals surface area contributed by atoms with Crippen LogP contribution in [-0.4, -0.2) is 83.0 Å². The fourth-order valence-corrected chi connectivity index (χ4v) is 8.15. The summed E-state index contributed by atoms with van der Waals surface area (Å²) >= 11 is 11.9. The van der Waals surface area contributed by atoms with E-state index in [-0.39, 0.29) is 33.1 Å². The van der Waals surface area contributed by atoms with Crippen LogP contribution in [0.15, 0.2) is 55.0 Å². The minimum absolute atomic E-state index is 0.141. The van der Waals surface area contributed by atoms with Crippen molar-refractivity contribution in [2.75, 3.05) is 42.3 Å². The number of aliphatic hydroxyl groups excluding tert-OH is 1. The van der Waals surface area contributed by atoms with Crippen molar-refractivity contribution in [1.29, 1.82) is 0 Å². The fourth-order valence-electron chi connectivity index (χ4n) is 7.74. The first-order valence-corrected chi connectivity index (χ1v) is 20.4. The number of nitrogens with one attached hydrogen (secondary N) is 1. The molecule has 0 spiro atoms. The Morgan fingerprint density at radius 3 is 1.75 bits per heavy atom. The maximum absolute atomic E-state index is 13.7. The normalized spacial score (nSPS) is 18.7. The summed E-state index contributed by atoms with van der Waals surface area (Å²) in [6.07, 6.45) is 6.86. The van der Waals surface area contributed by atoms with Gasteiger partial charge in [0.2, 0.25) is 0 Å². The van der Waals surface area contributed by atoms with Crippen molar-refractivity contribution in [3.8, 4) is 0 Å². The SMILES string of the molecule is CC.CC.CC1CCn2ccc3c(Cl)c(F)cc1c32.CN(C)C1Cc2cc(F)c(Cl)c3ccn(c23)C1.CN(C)C1Cn2ccc3c(F)c(F)cc(c32)C1O.CNC. The van der Waals surface area contributed by atoms with E-state index in [9.17, 15) is 22.7 Å². The second kappa shape index (κ2) is 19.9. The minimum Gasteiger partial charge on any atom is -0.387 e. The van der Waals surface area contributed by atoms with Crippen molar-refractivity contribution in [2.45, 2.75) is 91.2 Å². The number of hydrogen-bond donors (Lipinski definition) is 2. The molecule has 3 aromatic heterocycles. The van der Waals surface area contributed by atoms with Crippen LogP contribution in [0, 0.1) is 23.3 Å². The Balaban J connectivity index is 0.000000176. The van der Waals surface area contributed by atoms with Gasteiger partial charge in [-0.05, 0) is 109 Å². The molecule has 6 aromatic rings. The van der Waals surface area contributed by atoms with Crippen molar-refractivity contribution in [1.82, 2.24) is 28.8 Å². The van der Waals surface area contributed by atoms with Crippen molar-refractivity contribution < 1.29 is 22.7 Å². The smallest absolute Gasteiger partial charge is 0.168 e. The van der Waals surface area contributed by atoms with E-state index in [1.807, 2.05) is 89.9 Å². The maximum Gasteiger partial charge on any atom is 0.168 e. The third-order valence-corrected chi connectivity index (χ3v) is 11.4. The lowest BCUT2D eigenvalue weighted by atomic mass is 9.93. The van der Waals surface area contributed by atoms with Crippen LogP contribution >= 0.6 is 23.2 Å². The molecular formula is C44H58Cl2F4N6O. The van der Waals surface area contributed by atoms with Crippen LogP contribution in [0.1, 0.15) is 69.8 Å². The second-order valence-corrected chi connectivity index (χ2v) is 15.3. The van der Waals surface area contributed by atoms with E-state index in [1.54, 1.807) is 24.4 Å². The van der Waals surface area contributed by atoms with Gasteiger partial charge in [0.1, 0.15) is 11.6 Å². The van der Waals surface area contributed by atoms with E-state index >= 15 is 0 Å². The van der Waals surface area contributed by atoms with Crippen LogP contribution in [-0.2, 0) is 26.1 Å². The summed E-state index contributed by atoms with van der Waals surface area (Å²) in [5.74, 6) is -1.95. The molecule has 0 amide bonds. The molecule has 0 fully saturated rings. The second-order valence-electron chi connectivity index (χ2n) is 14.6. The predicted octanol–water partition coefficient (Wildman–Crippen LogP) is 10.6. The summed E-state index contributed by atoms with van der Waals surface area (Å²) in [4.78, 5) is 4.07. The Morgan fingerprint density at radius 1 is 0.684 bits per heavy atom. The standard InChI is InChI=1S/C13H14ClFN2.C13H14F2N2O.C12H11ClFN.C2H7N.2C2H6/c1-16(2)9-5-8-6-11(15)12(14)10-3-4-17(7-9)13(8)10;1-16(2)10-6-17-4-3-7-11(15)9(14)5-8(12(7)17)13(10)18;1-7-2-4-15-5-3-8-11(13)10(14)6-9(7)12(8)15;1-3-2;2*1-2/h3-4,6,9H,5,7H2,1-2H3;3-5,10,13,18H,6H2,1-2H3;3,5-7H,2,4H2,1H3;3H,1-2H3;2*1-2H3. The highest BCUT2D eigenvalue weighted by molar-refractivity contribution is 6.36. The molecule has 312 valence electrons. The van der Waals surface area contributed by atoms with Gasteiger partial charge in [0.05, 0.1) is 38.7 Å². The van der Waals surface area contributed by atoms with E-state index in [2.05, 4.69) is 40.4 Å². The highest BCUT2D eigenvalue weighted by Crippen LogP contribution is 2.39. The summed E-state index contributed by atoms with van der Waals surface area (Å²) in [6.45, 7) is 12.6. The summed E-state index contributed by atoms with van der Waals surface area (Å²) in [5, 5.41) is 15.4. The van der Waals surface area contributed by atoms with Crippen LogP contribution in [0.3, 0.4) is 0 Å². The molecular weight excluding hydrogens is 775 g/mol. The van der Waals surface area contributed by atoms with Gasteiger partial charge in [0, 0.05) is 66.0 Å². The number of aromatic nitrogens is 3. The van der Waals surface area contributed by atoms with Crippen molar-refractivity contribution in [3.63, 3.8) is 0 Å². The van der Waals surface area contributed by atoms with Gasteiger partial charge in [-0.3, -0.25) is 0 Å². The fraction of sp³-hybridized carbons (Fsp3) is 0.455. The summed E-state index contributed by atoms with van der Waals surface area (Å²) in [6, 6.07) is 9.92. The number of halogens is 6. The first-order valence-electron chi connectivity index (χ1n) is 19.7. The Hall–Kier alpha value is -3.58. The van der Waals surface area contributed by atoms with E-state index in [1.165, 1.54) is 0 Å². The van der Waals surface area contributed by atoms with Crippen molar-refractivity contribution in [3.05, 3.63) is 105 Å². The minimum atomic E-state index is -0.909. The number of rotatable bonds is 2. The Bertz CT molecular complexity index is 2280. The molecule has 6 heterocycles. The topological polar surface area (TPSA) is 53.5 Å². The van der Waals surface area contributed by atoms with Crippen LogP contribution in [0.4, 0.5) is 17.6 Å². The molecule has 3 aliphatic rings. The first-order chi connectivity index (χ1) is 27.2. The van der Waals surface area contributed by atoms with E-state index in [4.69, 9.17) is 23.2 Å². The third-order valence-electron chi connectivity index (χ3n) is 10.6.